The first kappa shape index (κ1) is 15.8. The molecule has 2 aliphatic heterocycles. The van der Waals surface area contributed by atoms with E-state index in [1.165, 1.54) is 10.4 Å². The van der Waals surface area contributed by atoms with E-state index in [1.54, 1.807) is 11.3 Å². The van der Waals surface area contributed by atoms with Crippen LogP contribution in [0.2, 0.25) is 0 Å². The third-order valence-electron chi connectivity index (χ3n) is 4.88. The van der Waals surface area contributed by atoms with Crippen molar-refractivity contribution in [3.05, 3.63) is 57.8 Å². The highest BCUT2D eigenvalue weighted by atomic mass is 32.1. The normalized spacial score (nSPS) is 24.1. The molecule has 3 heterocycles. The fraction of sp³-hybridized carbons (Fsp3) is 0.421. The van der Waals surface area contributed by atoms with Gasteiger partial charge in [0.05, 0.1) is 23.6 Å². The smallest absolute Gasteiger partial charge is 0.264 e. The second-order valence-electron chi connectivity index (χ2n) is 6.55. The van der Waals surface area contributed by atoms with E-state index in [1.807, 2.05) is 30.0 Å². The van der Waals surface area contributed by atoms with Crippen molar-refractivity contribution in [3.8, 4) is 0 Å². The molecule has 126 valence electrons. The van der Waals surface area contributed by atoms with E-state index >= 15 is 0 Å². The zero-order valence-electron chi connectivity index (χ0n) is 13.9. The Morgan fingerprint density at radius 3 is 2.79 bits per heavy atom. The Hall–Kier alpha value is -1.69. The van der Waals surface area contributed by atoms with Gasteiger partial charge in [-0.3, -0.25) is 9.69 Å². The molecule has 4 rings (SSSR count). The van der Waals surface area contributed by atoms with Crippen LogP contribution in [0.1, 0.15) is 20.1 Å². The van der Waals surface area contributed by atoms with Crippen molar-refractivity contribution in [1.29, 1.82) is 0 Å². The predicted octanol–water partition coefficient (Wildman–Crippen LogP) is 2.78. The largest absolute Gasteiger partial charge is 0.373 e. The number of rotatable bonds is 3. The summed E-state index contributed by atoms with van der Waals surface area (Å²) in [5.74, 6) is 0.144. The Kier molecular flexibility index (Phi) is 4.39. The van der Waals surface area contributed by atoms with Crippen LogP contribution in [0, 0.1) is 6.92 Å². The number of aryl methyl sites for hydroxylation is 1. The lowest BCUT2D eigenvalue weighted by atomic mass is 10.1. The Morgan fingerprint density at radius 1 is 1.21 bits per heavy atom. The Bertz CT molecular complexity index is 715. The Morgan fingerprint density at radius 2 is 2.04 bits per heavy atom. The van der Waals surface area contributed by atoms with E-state index in [0.717, 1.165) is 31.1 Å². The summed E-state index contributed by atoms with van der Waals surface area (Å²) in [6.45, 7) is 6.09. The SMILES string of the molecule is Cc1ccc(C(=O)N2C[C@@H]3OCCN(Cc4ccccc4)[C@H]3C2)s1. The summed E-state index contributed by atoms with van der Waals surface area (Å²) in [4.78, 5) is 19.2. The van der Waals surface area contributed by atoms with E-state index in [-0.39, 0.29) is 12.0 Å². The van der Waals surface area contributed by atoms with Crippen molar-refractivity contribution in [2.75, 3.05) is 26.2 Å². The van der Waals surface area contributed by atoms with E-state index in [9.17, 15) is 4.79 Å². The number of benzene rings is 1. The number of morpholine rings is 1. The summed E-state index contributed by atoms with van der Waals surface area (Å²) in [5, 5.41) is 0. The van der Waals surface area contributed by atoms with Crippen LogP contribution in [-0.4, -0.2) is 54.1 Å². The predicted molar refractivity (Wildman–Crippen MR) is 95.3 cm³/mol. The summed E-state index contributed by atoms with van der Waals surface area (Å²) >= 11 is 1.57. The molecular formula is C19H22N2O2S. The van der Waals surface area contributed by atoms with Crippen molar-refractivity contribution in [3.63, 3.8) is 0 Å². The minimum Gasteiger partial charge on any atom is -0.373 e. The molecule has 0 spiro atoms. The molecule has 24 heavy (non-hydrogen) atoms. The number of hydrogen-bond acceptors (Lipinski definition) is 4. The van der Waals surface area contributed by atoms with Crippen LogP contribution in [0.3, 0.4) is 0 Å². The number of amides is 1. The molecule has 2 aliphatic rings. The Labute approximate surface area is 146 Å². The lowest BCUT2D eigenvalue weighted by Gasteiger charge is -2.36. The molecule has 1 aromatic carbocycles. The molecule has 1 aromatic heterocycles. The maximum atomic E-state index is 12.7. The summed E-state index contributed by atoms with van der Waals surface area (Å²) in [6, 6.07) is 14.8. The van der Waals surface area contributed by atoms with Gasteiger partial charge < -0.3 is 9.64 Å². The maximum absolute atomic E-state index is 12.7. The maximum Gasteiger partial charge on any atom is 0.264 e. The first-order valence-corrected chi connectivity index (χ1v) is 9.27. The van der Waals surface area contributed by atoms with E-state index < -0.39 is 0 Å². The Balaban J connectivity index is 1.47. The van der Waals surface area contributed by atoms with Crippen LogP contribution in [-0.2, 0) is 11.3 Å². The molecule has 2 atom stereocenters. The molecule has 4 nitrogen and oxygen atoms in total. The minimum absolute atomic E-state index is 0.132. The van der Waals surface area contributed by atoms with Crippen molar-refractivity contribution in [2.24, 2.45) is 0 Å². The average molecular weight is 342 g/mol. The van der Waals surface area contributed by atoms with Crippen molar-refractivity contribution < 1.29 is 9.53 Å². The van der Waals surface area contributed by atoms with Crippen LogP contribution >= 0.6 is 11.3 Å². The quantitative estimate of drug-likeness (QED) is 0.860. The molecule has 0 aliphatic carbocycles. The fourth-order valence-corrected chi connectivity index (χ4v) is 4.48. The van der Waals surface area contributed by atoms with Gasteiger partial charge in [0.15, 0.2) is 0 Å². The summed E-state index contributed by atoms with van der Waals surface area (Å²) in [5.41, 5.74) is 1.32. The first-order chi connectivity index (χ1) is 11.7. The second kappa shape index (κ2) is 6.67. The summed E-state index contributed by atoms with van der Waals surface area (Å²) in [6.07, 6.45) is 0.132. The monoisotopic (exact) mass is 342 g/mol. The fourth-order valence-electron chi connectivity index (χ4n) is 3.64. The van der Waals surface area contributed by atoms with E-state index in [2.05, 4.69) is 29.2 Å². The first-order valence-electron chi connectivity index (χ1n) is 8.46. The van der Waals surface area contributed by atoms with E-state index in [0.29, 0.717) is 12.6 Å². The molecule has 0 bridgehead atoms. The molecule has 0 N–H and O–H groups in total. The van der Waals surface area contributed by atoms with Crippen molar-refractivity contribution in [2.45, 2.75) is 25.6 Å². The van der Waals surface area contributed by atoms with Crippen molar-refractivity contribution >= 4 is 17.2 Å². The highest BCUT2D eigenvalue weighted by molar-refractivity contribution is 7.13. The van der Waals surface area contributed by atoms with Crippen LogP contribution in [0.4, 0.5) is 0 Å². The highest BCUT2D eigenvalue weighted by Crippen LogP contribution is 2.27. The minimum atomic E-state index is 0.132. The molecule has 0 saturated carbocycles. The van der Waals surface area contributed by atoms with Gasteiger partial charge in [-0.1, -0.05) is 30.3 Å². The van der Waals surface area contributed by atoms with Crippen LogP contribution in [0.5, 0.6) is 0 Å². The second-order valence-corrected chi connectivity index (χ2v) is 7.84. The van der Waals surface area contributed by atoms with Crippen molar-refractivity contribution in [1.82, 2.24) is 9.80 Å². The average Bonchev–Trinajstić information content (AvgIpc) is 3.22. The molecular weight excluding hydrogens is 320 g/mol. The van der Waals surface area contributed by atoms with Gasteiger partial charge in [-0.25, -0.2) is 0 Å². The summed E-state index contributed by atoms with van der Waals surface area (Å²) in [7, 11) is 0. The topological polar surface area (TPSA) is 32.8 Å². The van der Waals surface area contributed by atoms with Gasteiger partial charge >= 0.3 is 0 Å². The number of nitrogens with zero attached hydrogens (tertiary/aromatic N) is 2. The number of thiophene rings is 1. The molecule has 2 fully saturated rings. The highest BCUT2D eigenvalue weighted by Gasteiger charge is 2.42. The molecule has 0 unspecified atom stereocenters. The van der Waals surface area contributed by atoms with Gasteiger partial charge in [-0.15, -0.1) is 11.3 Å². The van der Waals surface area contributed by atoms with Gasteiger partial charge in [-0.05, 0) is 24.6 Å². The molecule has 5 heteroatoms. The van der Waals surface area contributed by atoms with Gasteiger partial charge in [0.1, 0.15) is 0 Å². The van der Waals surface area contributed by atoms with Gasteiger partial charge in [-0.2, -0.15) is 0 Å². The molecule has 2 aromatic rings. The van der Waals surface area contributed by atoms with Crippen LogP contribution in [0.15, 0.2) is 42.5 Å². The lowest BCUT2D eigenvalue weighted by Crippen LogP contribution is -2.50. The lowest BCUT2D eigenvalue weighted by molar-refractivity contribution is -0.0503. The van der Waals surface area contributed by atoms with Crippen LogP contribution < -0.4 is 0 Å². The standard InChI is InChI=1S/C19H22N2O2S/c1-14-7-8-18(24-14)19(22)21-12-16-17(13-21)23-10-9-20(16)11-15-5-3-2-4-6-15/h2-8,16-17H,9-13H2,1H3/t16-,17-/m0/s1. The number of likely N-dealkylation sites (tertiary alicyclic amines) is 1. The van der Waals surface area contributed by atoms with E-state index in [4.69, 9.17) is 4.74 Å². The number of ether oxygens (including phenoxy) is 1. The number of fused-ring (bicyclic) bond motifs is 1. The summed E-state index contributed by atoms with van der Waals surface area (Å²) < 4.78 is 5.96. The number of carbonyl (C=O) groups is 1. The molecule has 0 radical (unpaired) electrons. The van der Waals surface area contributed by atoms with Gasteiger partial charge in [0.25, 0.3) is 5.91 Å². The third-order valence-corrected chi connectivity index (χ3v) is 5.87. The zero-order valence-corrected chi connectivity index (χ0v) is 14.7. The molecule has 1 amide bonds. The zero-order chi connectivity index (χ0) is 16.5. The number of carbonyl (C=O) groups excluding carboxylic acids is 1. The van der Waals surface area contributed by atoms with Gasteiger partial charge in [0, 0.05) is 31.1 Å². The van der Waals surface area contributed by atoms with Gasteiger partial charge in [0.2, 0.25) is 0 Å². The van der Waals surface area contributed by atoms with Crippen LogP contribution in [0.25, 0.3) is 0 Å². The number of hydrogen-bond donors (Lipinski definition) is 0. The third kappa shape index (κ3) is 3.11. The molecule has 2 saturated heterocycles.